The Morgan fingerprint density at radius 1 is 1.30 bits per heavy atom. The van der Waals surface area contributed by atoms with Crippen molar-refractivity contribution in [3.05, 3.63) is 41.4 Å². The van der Waals surface area contributed by atoms with Gasteiger partial charge in [0.05, 0.1) is 6.04 Å². The summed E-state index contributed by atoms with van der Waals surface area (Å²) >= 11 is 0. The first-order chi connectivity index (χ1) is 9.78. The molecule has 2 heterocycles. The summed E-state index contributed by atoms with van der Waals surface area (Å²) in [6.07, 6.45) is 7.98. The number of anilines is 1. The van der Waals surface area contributed by atoms with E-state index in [0.717, 1.165) is 36.3 Å². The van der Waals surface area contributed by atoms with Gasteiger partial charge in [-0.15, -0.1) is 0 Å². The van der Waals surface area contributed by atoms with Crippen molar-refractivity contribution >= 4 is 5.82 Å². The molecule has 0 aromatic carbocycles. The summed E-state index contributed by atoms with van der Waals surface area (Å²) in [6.45, 7) is 1.90. The maximum Gasteiger partial charge on any atom is 0.182 e. The summed E-state index contributed by atoms with van der Waals surface area (Å²) in [5, 5.41) is 12.4. The highest BCUT2D eigenvalue weighted by Gasteiger charge is 2.23. The average molecular weight is 266 g/mol. The van der Waals surface area contributed by atoms with Gasteiger partial charge >= 0.3 is 0 Å². The van der Waals surface area contributed by atoms with Crippen LogP contribution in [0.5, 0.6) is 0 Å². The van der Waals surface area contributed by atoms with Crippen molar-refractivity contribution in [2.75, 3.05) is 5.32 Å². The molecule has 0 unspecified atom stereocenters. The Kier molecular flexibility index (Phi) is 3.25. The van der Waals surface area contributed by atoms with Crippen LogP contribution in [0.1, 0.15) is 41.7 Å². The fourth-order valence-corrected chi connectivity index (χ4v) is 2.49. The molecule has 3 rings (SSSR count). The third-order valence-corrected chi connectivity index (χ3v) is 3.42. The Morgan fingerprint density at radius 2 is 2.15 bits per heavy atom. The van der Waals surface area contributed by atoms with Crippen LogP contribution in [0.4, 0.5) is 5.82 Å². The minimum Gasteiger partial charge on any atom is -0.361 e. The van der Waals surface area contributed by atoms with Crippen LogP contribution in [0.25, 0.3) is 0 Å². The van der Waals surface area contributed by atoms with Gasteiger partial charge in [0, 0.05) is 29.8 Å². The fraction of sp³-hybridized carbons (Fsp3) is 0.357. The molecule has 0 amide bonds. The maximum atomic E-state index is 9.06. The van der Waals surface area contributed by atoms with Crippen LogP contribution in [-0.4, -0.2) is 19.9 Å². The van der Waals surface area contributed by atoms with Gasteiger partial charge in [-0.2, -0.15) is 5.26 Å². The Labute approximate surface area is 116 Å². The zero-order valence-electron chi connectivity index (χ0n) is 11.2. The molecule has 0 saturated carbocycles. The summed E-state index contributed by atoms with van der Waals surface area (Å²) < 4.78 is 0. The number of aryl methyl sites for hydroxylation is 2. The van der Waals surface area contributed by atoms with Crippen molar-refractivity contribution in [2.24, 2.45) is 0 Å². The highest BCUT2D eigenvalue weighted by Crippen LogP contribution is 2.31. The Morgan fingerprint density at radius 3 is 3.00 bits per heavy atom. The monoisotopic (exact) mass is 266 g/mol. The lowest BCUT2D eigenvalue weighted by Gasteiger charge is -2.25. The lowest BCUT2D eigenvalue weighted by Crippen LogP contribution is -2.20. The highest BCUT2D eigenvalue weighted by atomic mass is 15.0. The van der Waals surface area contributed by atoms with Crippen LogP contribution in [-0.2, 0) is 6.42 Å². The minimum atomic E-state index is 0.0862. The van der Waals surface area contributed by atoms with E-state index in [1.54, 1.807) is 6.20 Å². The first-order valence-corrected chi connectivity index (χ1v) is 6.58. The van der Waals surface area contributed by atoms with E-state index in [-0.39, 0.29) is 6.04 Å². The van der Waals surface area contributed by atoms with Crippen LogP contribution < -0.4 is 5.32 Å². The SMILES string of the molecule is Cc1ncc2c(n1)CCC[C@@H]2Nc1nccnc1C#N. The van der Waals surface area contributed by atoms with Gasteiger partial charge < -0.3 is 5.32 Å². The molecule has 0 bridgehead atoms. The van der Waals surface area contributed by atoms with Crippen LogP contribution in [0, 0.1) is 18.3 Å². The molecule has 2 aromatic heterocycles. The van der Waals surface area contributed by atoms with Crippen molar-refractivity contribution in [1.82, 2.24) is 19.9 Å². The standard InChI is InChI=1S/C14H14N6/c1-9-18-8-10-11(19-9)3-2-4-12(10)20-14-13(7-15)16-5-6-17-14/h5-6,8,12H,2-4H2,1H3,(H,17,20)/t12-/m0/s1. The molecule has 6 heteroatoms. The lowest BCUT2D eigenvalue weighted by molar-refractivity contribution is 0.580. The van der Waals surface area contributed by atoms with Gasteiger partial charge in [-0.25, -0.2) is 19.9 Å². The van der Waals surface area contributed by atoms with Crippen LogP contribution in [0.15, 0.2) is 18.6 Å². The first-order valence-electron chi connectivity index (χ1n) is 6.58. The molecule has 1 aliphatic rings. The van der Waals surface area contributed by atoms with Crippen molar-refractivity contribution in [1.29, 1.82) is 5.26 Å². The molecule has 100 valence electrons. The molecule has 0 fully saturated rings. The summed E-state index contributed by atoms with van der Waals surface area (Å²) in [5.41, 5.74) is 2.49. The first kappa shape index (κ1) is 12.5. The molecular weight excluding hydrogens is 252 g/mol. The van der Waals surface area contributed by atoms with Crippen molar-refractivity contribution in [3.8, 4) is 6.07 Å². The van der Waals surface area contributed by atoms with Gasteiger partial charge in [0.25, 0.3) is 0 Å². The summed E-state index contributed by atoms with van der Waals surface area (Å²) in [6, 6.07) is 2.14. The van der Waals surface area contributed by atoms with Crippen LogP contribution in [0.2, 0.25) is 0 Å². The Hall–Kier alpha value is -2.55. The van der Waals surface area contributed by atoms with Gasteiger partial charge in [-0.3, -0.25) is 0 Å². The van der Waals surface area contributed by atoms with Gasteiger partial charge in [0.1, 0.15) is 11.9 Å². The van der Waals surface area contributed by atoms with Crippen molar-refractivity contribution in [3.63, 3.8) is 0 Å². The zero-order valence-corrected chi connectivity index (χ0v) is 11.2. The van der Waals surface area contributed by atoms with Crippen molar-refractivity contribution < 1.29 is 0 Å². The molecule has 20 heavy (non-hydrogen) atoms. The van der Waals surface area contributed by atoms with E-state index in [4.69, 9.17) is 5.26 Å². The maximum absolute atomic E-state index is 9.06. The topological polar surface area (TPSA) is 87.4 Å². The quantitative estimate of drug-likeness (QED) is 0.893. The molecule has 0 spiro atoms. The minimum absolute atomic E-state index is 0.0862. The number of hydrogen-bond donors (Lipinski definition) is 1. The van der Waals surface area contributed by atoms with E-state index in [1.807, 2.05) is 13.1 Å². The predicted octanol–water partition coefficient (Wildman–Crippen LogP) is 1.94. The number of aromatic nitrogens is 4. The van der Waals surface area contributed by atoms with Gasteiger partial charge in [0.15, 0.2) is 11.5 Å². The molecule has 1 N–H and O–H groups in total. The van der Waals surface area contributed by atoms with Gasteiger partial charge in [-0.1, -0.05) is 0 Å². The summed E-state index contributed by atoms with van der Waals surface area (Å²) in [7, 11) is 0. The molecule has 6 nitrogen and oxygen atoms in total. The number of rotatable bonds is 2. The lowest BCUT2D eigenvalue weighted by atomic mass is 9.92. The number of nitrogens with zero attached hydrogens (tertiary/aromatic N) is 5. The molecular formula is C14H14N6. The third kappa shape index (κ3) is 2.30. The van der Waals surface area contributed by atoms with Gasteiger partial charge in [0.2, 0.25) is 0 Å². The van der Waals surface area contributed by atoms with E-state index >= 15 is 0 Å². The predicted molar refractivity (Wildman–Crippen MR) is 72.8 cm³/mol. The van der Waals surface area contributed by atoms with E-state index in [9.17, 15) is 0 Å². The van der Waals surface area contributed by atoms with Crippen LogP contribution >= 0.6 is 0 Å². The molecule has 1 atom stereocenters. The highest BCUT2D eigenvalue weighted by molar-refractivity contribution is 5.49. The second kappa shape index (κ2) is 5.21. The van der Waals surface area contributed by atoms with E-state index in [1.165, 1.54) is 6.20 Å². The molecule has 0 radical (unpaired) electrons. The largest absolute Gasteiger partial charge is 0.361 e. The Balaban J connectivity index is 1.92. The second-order valence-corrected chi connectivity index (χ2v) is 4.77. The van der Waals surface area contributed by atoms with E-state index in [2.05, 4.69) is 31.3 Å². The Bertz CT molecular complexity index is 676. The number of nitrogens with one attached hydrogen (secondary N) is 1. The van der Waals surface area contributed by atoms with E-state index < -0.39 is 0 Å². The summed E-state index contributed by atoms with van der Waals surface area (Å²) in [4.78, 5) is 17.0. The average Bonchev–Trinajstić information content (AvgIpc) is 2.47. The molecule has 0 saturated heterocycles. The molecule has 0 aliphatic heterocycles. The smallest absolute Gasteiger partial charge is 0.182 e. The fourth-order valence-electron chi connectivity index (χ4n) is 2.49. The van der Waals surface area contributed by atoms with Crippen LogP contribution in [0.3, 0.4) is 0 Å². The van der Waals surface area contributed by atoms with Crippen molar-refractivity contribution in [2.45, 2.75) is 32.2 Å². The third-order valence-electron chi connectivity index (χ3n) is 3.42. The summed E-state index contributed by atoms with van der Waals surface area (Å²) in [5.74, 6) is 1.31. The number of fused-ring (bicyclic) bond motifs is 1. The normalized spacial score (nSPS) is 17.1. The zero-order chi connectivity index (χ0) is 13.9. The second-order valence-electron chi connectivity index (χ2n) is 4.77. The number of hydrogen-bond acceptors (Lipinski definition) is 6. The number of nitriles is 1. The molecule has 2 aromatic rings. The van der Waals surface area contributed by atoms with E-state index in [0.29, 0.717) is 11.5 Å². The molecule has 1 aliphatic carbocycles. The van der Waals surface area contributed by atoms with Gasteiger partial charge in [-0.05, 0) is 26.2 Å².